The van der Waals surface area contributed by atoms with Crippen molar-refractivity contribution in [1.82, 2.24) is 5.32 Å². The highest BCUT2D eigenvalue weighted by Gasteiger charge is 2.34. The lowest BCUT2D eigenvalue weighted by Crippen LogP contribution is -2.51. The number of rotatable bonds is 5. The molecule has 2 atom stereocenters. The van der Waals surface area contributed by atoms with Crippen molar-refractivity contribution in [3.63, 3.8) is 0 Å². The van der Waals surface area contributed by atoms with E-state index < -0.39 is 17.3 Å². The van der Waals surface area contributed by atoms with Crippen molar-refractivity contribution >= 4 is 35.2 Å². The van der Waals surface area contributed by atoms with E-state index in [2.05, 4.69) is 10.6 Å². The SMILES string of the molecule is CCOC(=O)[C@@H]1CS[C@H](CC(=O)Nc2cccc(C)c2)C(=O)N1. The molecule has 0 radical (unpaired) electrons. The summed E-state index contributed by atoms with van der Waals surface area (Å²) in [6, 6.07) is 6.83. The first-order chi connectivity index (χ1) is 11.0. The maximum absolute atomic E-state index is 12.1. The Morgan fingerprint density at radius 2 is 2.22 bits per heavy atom. The summed E-state index contributed by atoms with van der Waals surface area (Å²) >= 11 is 1.30. The van der Waals surface area contributed by atoms with Crippen LogP contribution in [0.3, 0.4) is 0 Å². The molecule has 1 fully saturated rings. The normalized spacial score (nSPS) is 20.5. The second kappa shape index (κ2) is 8.01. The molecule has 0 unspecified atom stereocenters. The van der Waals surface area contributed by atoms with Gasteiger partial charge in [0, 0.05) is 17.9 Å². The smallest absolute Gasteiger partial charge is 0.329 e. The number of nitrogens with one attached hydrogen (secondary N) is 2. The Kier molecular flexibility index (Phi) is 6.04. The fourth-order valence-electron chi connectivity index (χ4n) is 2.22. The van der Waals surface area contributed by atoms with Gasteiger partial charge in [-0.15, -0.1) is 11.8 Å². The summed E-state index contributed by atoms with van der Waals surface area (Å²) in [5.41, 5.74) is 1.76. The predicted molar refractivity (Wildman–Crippen MR) is 89.2 cm³/mol. The summed E-state index contributed by atoms with van der Waals surface area (Å²) in [6.07, 6.45) is 0.0694. The molecule has 1 heterocycles. The van der Waals surface area contributed by atoms with Crippen LogP contribution in [-0.4, -0.2) is 41.4 Å². The summed E-state index contributed by atoms with van der Waals surface area (Å²) in [4.78, 5) is 35.7. The molecular formula is C16H20N2O4S. The number of carbonyl (C=O) groups is 3. The number of benzene rings is 1. The van der Waals surface area contributed by atoms with Crippen molar-refractivity contribution in [1.29, 1.82) is 0 Å². The van der Waals surface area contributed by atoms with E-state index in [-0.39, 0.29) is 24.8 Å². The standard InChI is InChI=1S/C16H20N2O4S/c1-3-22-16(21)12-9-23-13(15(20)18-12)8-14(19)17-11-6-4-5-10(2)7-11/h4-7,12-13H,3,8-9H2,1-2H3,(H,17,19)(H,18,20)/t12-,13+/m0/s1. The van der Waals surface area contributed by atoms with Gasteiger partial charge < -0.3 is 15.4 Å². The van der Waals surface area contributed by atoms with E-state index in [4.69, 9.17) is 4.74 Å². The first kappa shape index (κ1) is 17.3. The molecule has 0 bridgehead atoms. The van der Waals surface area contributed by atoms with Gasteiger partial charge in [0.25, 0.3) is 0 Å². The lowest BCUT2D eigenvalue weighted by atomic mass is 10.2. The van der Waals surface area contributed by atoms with Crippen LogP contribution >= 0.6 is 11.8 Å². The Labute approximate surface area is 139 Å². The van der Waals surface area contributed by atoms with E-state index in [0.717, 1.165) is 5.56 Å². The van der Waals surface area contributed by atoms with E-state index in [1.807, 2.05) is 25.1 Å². The van der Waals surface area contributed by atoms with E-state index in [1.54, 1.807) is 13.0 Å². The summed E-state index contributed by atoms with van der Waals surface area (Å²) in [6.45, 7) is 3.93. The van der Waals surface area contributed by atoms with Crippen LogP contribution in [0.1, 0.15) is 18.9 Å². The Morgan fingerprint density at radius 3 is 2.87 bits per heavy atom. The molecule has 0 saturated carbocycles. The Morgan fingerprint density at radius 1 is 1.43 bits per heavy atom. The zero-order chi connectivity index (χ0) is 16.8. The van der Waals surface area contributed by atoms with Gasteiger partial charge in [-0.1, -0.05) is 12.1 Å². The summed E-state index contributed by atoms with van der Waals surface area (Å²) in [5, 5.41) is 4.90. The van der Waals surface area contributed by atoms with Crippen LogP contribution < -0.4 is 10.6 Å². The van der Waals surface area contributed by atoms with Crippen molar-refractivity contribution in [3.05, 3.63) is 29.8 Å². The number of amides is 2. The molecule has 2 N–H and O–H groups in total. The maximum Gasteiger partial charge on any atom is 0.329 e. The van der Waals surface area contributed by atoms with E-state index >= 15 is 0 Å². The topological polar surface area (TPSA) is 84.5 Å². The van der Waals surface area contributed by atoms with Crippen LogP contribution in [0, 0.1) is 6.92 Å². The highest BCUT2D eigenvalue weighted by molar-refractivity contribution is 8.00. The molecule has 1 saturated heterocycles. The quantitative estimate of drug-likeness (QED) is 0.796. The minimum atomic E-state index is -0.636. The predicted octanol–water partition coefficient (Wildman–Crippen LogP) is 1.49. The summed E-state index contributed by atoms with van der Waals surface area (Å²) in [7, 11) is 0. The molecule has 124 valence electrons. The van der Waals surface area contributed by atoms with Crippen molar-refractivity contribution < 1.29 is 19.1 Å². The van der Waals surface area contributed by atoms with Gasteiger partial charge in [-0.2, -0.15) is 0 Å². The Hall–Kier alpha value is -2.02. The molecule has 1 aromatic carbocycles. The van der Waals surface area contributed by atoms with E-state index in [0.29, 0.717) is 11.4 Å². The average Bonchev–Trinajstić information content (AvgIpc) is 2.49. The van der Waals surface area contributed by atoms with Gasteiger partial charge in [0.15, 0.2) is 0 Å². The van der Waals surface area contributed by atoms with E-state index in [1.165, 1.54) is 11.8 Å². The number of hydrogen-bond donors (Lipinski definition) is 2. The van der Waals surface area contributed by atoms with Crippen molar-refractivity contribution in [2.24, 2.45) is 0 Å². The third-order valence-corrected chi connectivity index (χ3v) is 4.63. The molecule has 1 aliphatic rings. The van der Waals surface area contributed by atoms with Gasteiger partial charge in [0.1, 0.15) is 6.04 Å². The van der Waals surface area contributed by atoms with Crippen LogP contribution in [0.4, 0.5) is 5.69 Å². The first-order valence-corrected chi connectivity index (χ1v) is 8.49. The maximum atomic E-state index is 12.1. The molecule has 2 amide bonds. The first-order valence-electron chi connectivity index (χ1n) is 7.44. The average molecular weight is 336 g/mol. The molecular weight excluding hydrogens is 316 g/mol. The highest BCUT2D eigenvalue weighted by Crippen LogP contribution is 2.22. The largest absolute Gasteiger partial charge is 0.464 e. The second-order valence-corrected chi connectivity index (χ2v) is 6.49. The third-order valence-electron chi connectivity index (χ3n) is 3.32. The Bertz CT molecular complexity index is 605. The molecule has 0 spiro atoms. The summed E-state index contributed by atoms with van der Waals surface area (Å²) in [5.74, 6) is -0.556. The van der Waals surface area contributed by atoms with Crippen molar-refractivity contribution in [2.75, 3.05) is 17.7 Å². The van der Waals surface area contributed by atoms with Gasteiger partial charge >= 0.3 is 5.97 Å². The monoisotopic (exact) mass is 336 g/mol. The number of thioether (sulfide) groups is 1. The zero-order valence-electron chi connectivity index (χ0n) is 13.1. The third kappa shape index (κ3) is 4.99. The Balaban J connectivity index is 1.85. The van der Waals surface area contributed by atoms with Crippen LogP contribution in [0.25, 0.3) is 0 Å². The van der Waals surface area contributed by atoms with Crippen molar-refractivity contribution in [3.8, 4) is 0 Å². The number of carbonyl (C=O) groups excluding carboxylic acids is 3. The fourth-order valence-corrected chi connectivity index (χ4v) is 3.35. The van der Waals surface area contributed by atoms with Crippen LogP contribution in [-0.2, 0) is 19.1 Å². The van der Waals surface area contributed by atoms with Gasteiger partial charge in [0.05, 0.1) is 11.9 Å². The van der Waals surface area contributed by atoms with Gasteiger partial charge in [-0.25, -0.2) is 4.79 Å². The molecule has 1 aromatic rings. The van der Waals surface area contributed by atoms with Crippen LogP contribution in [0.5, 0.6) is 0 Å². The number of hydrogen-bond acceptors (Lipinski definition) is 5. The molecule has 6 nitrogen and oxygen atoms in total. The molecule has 0 aromatic heterocycles. The highest BCUT2D eigenvalue weighted by atomic mass is 32.2. The number of aryl methyl sites for hydroxylation is 1. The van der Waals surface area contributed by atoms with E-state index in [9.17, 15) is 14.4 Å². The second-order valence-electron chi connectivity index (χ2n) is 5.26. The molecule has 2 rings (SSSR count). The minimum absolute atomic E-state index is 0.0694. The van der Waals surface area contributed by atoms with Gasteiger partial charge in [0.2, 0.25) is 11.8 Å². The number of esters is 1. The molecule has 23 heavy (non-hydrogen) atoms. The summed E-state index contributed by atoms with van der Waals surface area (Å²) < 4.78 is 4.89. The lowest BCUT2D eigenvalue weighted by Gasteiger charge is -2.27. The van der Waals surface area contributed by atoms with Crippen molar-refractivity contribution in [2.45, 2.75) is 31.6 Å². The minimum Gasteiger partial charge on any atom is -0.464 e. The number of ether oxygens (including phenoxy) is 1. The van der Waals surface area contributed by atoms with Gasteiger partial charge in [-0.05, 0) is 31.5 Å². The molecule has 7 heteroatoms. The fraction of sp³-hybridized carbons (Fsp3) is 0.438. The van der Waals surface area contributed by atoms with Crippen LogP contribution in [0.15, 0.2) is 24.3 Å². The molecule has 1 aliphatic heterocycles. The number of anilines is 1. The van der Waals surface area contributed by atoms with Crippen LogP contribution in [0.2, 0.25) is 0 Å². The lowest BCUT2D eigenvalue weighted by molar-refractivity contribution is -0.146. The van der Waals surface area contributed by atoms with Gasteiger partial charge in [-0.3, -0.25) is 9.59 Å². The molecule has 0 aliphatic carbocycles. The zero-order valence-corrected chi connectivity index (χ0v) is 13.9.